The number of aromatic nitrogens is 4. The molecule has 92 valence electrons. The topological polar surface area (TPSA) is 80.8 Å². The summed E-state index contributed by atoms with van der Waals surface area (Å²) in [5.41, 5.74) is 1.14. The van der Waals surface area contributed by atoms with E-state index in [4.69, 9.17) is 4.74 Å². The Kier molecular flexibility index (Phi) is 3.80. The molecule has 6 heteroatoms. The minimum atomic E-state index is -0.470. The summed E-state index contributed by atoms with van der Waals surface area (Å²) < 4.78 is 4.97. The third-order valence-electron chi connectivity index (χ3n) is 2.19. The molecule has 0 aliphatic carbocycles. The van der Waals surface area contributed by atoms with E-state index in [1.807, 2.05) is 30.3 Å². The summed E-state index contributed by atoms with van der Waals surface area (Å²) in [5, 5.41) is 13.4. The third kappa shape index (κ3) is 2.79. The molecule has 0 unspecified atom stereocenters. The smallest absolute Gasteiger partial charge is 0.342 e. The summed E-state index contributed by atoms with van der Waals surface area (Å²) in [6, 6.07) is 9.41. The lowest BCUT2D eigenvalue weighted by Gasteiger charge is -2.03. The fraction of sp³-hybridized carbons (Fsp3) is 0.167. The van der Waals surface area contributed by atoms with Crippen LogP contribution in [0, 0.1) is 0 Å². The number of H-pyrrole nitrogens is 1. The zero-order valence-corrected chi connectivity index (χ0v) is 9.83. The van der Waals surface area contributed by atoms with Crippen molar-refractivity contribution in [2.75, 3.05) is 6.61 Å². The molecule has 0 bridgehead atoms. The third-order valence-corrected chi connectivity index (χ3v) is 2.19. The quantitative estimate of drug-likeness (QED) is 0.647. The van der Waals surface area contributed by atoms with E-state index in [0.29, 0.717) is 6.61 Å². The molecule has 1 heterocycles. The van der Waals surface area contributed by atoms with Gasteiger partial charge in [0, 0.05) is 0 Å². The van der Waals surface area contributed by atoms with Gasteiger partial charge in [-0.25, -0.2) is 4.79 Å². The van der Waals surface area contributed by atoms with Gasteiger partial charge < -0.3 is 4.74 Å². The average Bonchev–Trinajstić information content (AvgIpc) is 2.91. The van der Waals surface area contributed by atoms with Gasteiger partial charge in [0.1, 0.15) is 5.57 Å². The second-order valence-corrected chi connectivity index (χ2v) is 3.42. The molecular weight excluding hydrogens is 232 g/mol. The predicted molar refractivity (Wildman–Crippen MR) is 65.1 cm³/mol. The van der Waals surface area contributed by atoms with Crippen molar-refractivity contribution in [1.82, 2.24) is 20.6 Å². The number of carbonyl (C=O) groups is 1. The van der Waals surface area contributed by atoms with Crippen LogP contribution in [0.5, 0.6) is 0 Å². The van der Waals surface area contributed by atoms with Crippen molar-refractivity contribution >= 4 is 17.6 Å². The van der Waals surface area contributed by atoms with Crippen molar-refractivity contribution in [2.24, 2.45) is 0 Å². The van der Waals surface area contributed by atoms with Crippen LogP contribution in [0.3, 0.4) is 0 Å². The SMILES string of the molecule is CCOC(=O)/C(=C/c1ccccc1)c1nn[nH]n1. The highest BCUT2D eigenvalue weighted by Gasteiger charge is 2.17. The Labute approximate surface area is 104 Å². The summed E-state index contributed by atoms with van der Waals surface area (Å²) in [4.78, 5) is 11.8. The van der Waals surface area contributed by atoms with Crippen molar-refractivity contribution in [1.29, 1.82) is 0 Å². The second-order valence-electron chi connectivity index (χ2n) is 3.42. The van der Waals surface area contributed by atoms with E-state index < -0.39 is 5.97 Å². The second kappa shape index (κ2) is 5.72. The maximum atomic E-state index is 11.8. The highest BCUT2D eigenvalue weighted by Crippen LogP contribution is 2.15. The van der Waals surface area contributed by atoms with Gasteiger partial charge in [0.2, 0.25) is 5.82 Å². The highest BCUT2D eigenvalue weighted by molar-refractivity contribution is 6.20. The van der Waals surface area contributed by atoms with E-state index in [-0.39, 0.29) is 11.4 Å². The van der Waals surface area contributed by atoms with Gasteiger partial charge in [-0.3, -0.25) is 0 Å². The van der Waals surface area contributed by atoms with Crippen molar-refractivity contribution in [3.8, 4) is 0 Å². The van der Waals surface area contributed by atoms with E-state index in [1.54, 1.807) is 13.0 Å². The largest absolute Gasteiger partial charge is 0.462 e. The van der Waals surface area contributed by atoms with Crippen LogP contribution in [0.4, 0.5) is 0 Å². The summed E-state index contributed by atoms with van der Waals surface area (Å²) in [5.74, 6) is -0.250. The number of rotatable bonds is 4. The molecule has 0 amide bonds. The van der Waals surface area contributed by atoms with E-state index in [9.17, 15) is 4.79 Å². The van der Waals surface area contributed by atoms with Crippen molar-refractivity contribution in [2.45, 2.75) is 6.92 Å². The number of ether oxygens (including phenoxy) is 1. The lowest BCUT2D eigenvalue weighted by atomic mass is 10.1. The maximum Gasteiger partial charge on any atom is 0.342 e. The van der Waals surface area contributed by atoms with Crippen molar-refractivity contribution in [3.63, 3.8) is 0 Å². The van der Waals surface area contributed by atoms with Gasteiger partial charge in [0.25, 0.3) is 0 Å². The fourth-order valence-corrected chi connectivity index (χ4v) is 1.42. The maximum absolute atomic E-state index is 11.8. The molecule has 1 aromatic carbocycles. The minimum Gasteiger partial charge on any atom is -0.462 e. The normalized spacial score (nSPS) is 11.3. The molecule has 0 spiro atoms. The van der Waals surface area contributed by atoms with Crippen LogP contribution >= 0.6 is 0 Å². The first-order valence-corrected chi connectivity index (χ1v) is 5.49. The number of tetrazole rings is 1. The fourth-order valence-electron chi connectivity index (χ4n) is 1.42. The number of hydrogen-bond donors (Lipinski definition) is 1. The van der Waals surface area contributed by atoms with Gasteiger partial charge in [-0.15, -0.1) is 10.2 Å². The Morgan fingerprint density at radius 1 is 1.39 bits per heavy atom. The summed E-state index contributed by atoms with van der Waals surface area (Å²) >= 11 is 0. The van der Waals surface area contributed by atoms with Gasteiger partial charge in [0.15, 0.2) is 0 Å². The molecule has 0 aliphatic heterocycles. The van der Waals surface area contributed by atoms with Gasteiger partial charge >= 0.3 is 5.97 Å². The van der Waals surface area contributed by atoms with Crippen LogP contribution in [0.25, 0.3) is 11.6 Å². The summed E-state index contributed by atoms with van der Waals surface area (Å²) in [7, 11) is 0. The van der Waals surface area contributed by atoms with E-state index in [1.165, 1.54) is 0 Å². The highest BCUT2D eigenvalue weighted by atomic mass is 16.5. The monoisotopic (exact) mass is 244 g/mol. The average molecular weight is 244 g/mol. The number of nitrogens with one attached hydrogen (secondary N) is 1. The Morgan fingerprint density at radius 3 is 2.78 bits per heavy atom. The molecule has 0 aliphatic rings. The summed E-state index contributed by atoms with van der Waals surface area (Å²) in [6.07, 6.45) is 1.67. The first kappa shape index (κ1) is 12.0. The minimum absolute atomic E-state index is 0.220. The van der Waals surface area contributed by atoms with Gasteiger partial charge in [-0.05, 0) is 23.8 Å². The van der Waals surface area contributed by atoms with Crippen LogP contribution in [0.15, 0.2) is 30.3 Å². The van der Waals surface area contributed by atoms with Gasteiger partial charge in [0.05, 0.1) is 6.61 Å². The number of hydrogen-bond acceptors (Lipinski definition) is 5. The van der Waals surface area contributed by atoms with Crippen LogP contribution in [-0.2, 0) is 9.53 Å². The van der Waals surface area contributed by atoms with Crippen molar-refractivity contribution in [3.05, 3.63) is 41.7 Å². The van der Waals surface area contributed by atoms with Crippen LogP contribution in [-0.4, -0.2) is 33.2 Å². The standard InChI is InChI=1S/C12H12N4O2/c1-2-18-12(17)10(11-13-15-16-14-11)8-9-6-4-3-5-7-9/h3-8H,2H2,1H3,(H,13,14,15,16)/b10-8+. The molecule has 2 rings (SSSR count). The molecular formula is C12H12N4O2. The number of nitrogens with zero attached hydrogens (tertiary/aromatic N) is 3. The number of carbonyl (C=O) groups excluding carboxylic acids is 1. The number of benzene rings is 1. The van der Waals surface area contributed by atoms with Crippen LogP contribution in [0.2, 0.25) is 0 Å². The number of esters is 1. The van der Waals surface area contributed by atoms with Crippen LogP contribution < -0.4 is 0 Å². The Balaban J connectivity index is 2.37. The predicted octanol–water partition coefficient (Wildman–Crippen LogP) is 1.30. The zero-order chi connectivity index (χ0) is 12.8. The Bertz CT molecular complexity index is 534. The lowest BCUT2D eigenvalue weighted by Crippen LogP contribution is -2.08. The Hall–Kier alpha value is -2.50. The van der Waals surface area contributed by atoms with E-state index >= 15 is 0 Å². The summed E-state index contributed by atoms with van der Waals surface area (Å²) in [6.45, 7) is 2.04. The molecule has 0 saturated carbocycles. The molecule has 1 N–H and O–H groups in total. The van der Waals surface area contributed by atoms with E-state index in [2.05, 4.69) is 20.6 Å². The molecule has 1 aromatic heterocycles. The molecule has 0 atom stereocenters. The molecule has 0 saturated heterocycles. The molecule has 0 radical (unpaired) electrons. The Morgan fingerprint density at radius 2 is 2.17 bits per heavy atom. The van der Waals surface area contributed by atoms with Crippen molar-refractivity contribution < 1.29 is 9.53 Å². The lowest BCUT2D eigenvalue weighted by molar-refractivity contribution is -0.136. The molecule has 2 aromatic rings. The van der Waals surface area contributed by atoms with E-state index in [0.717, 1.165) is 5.56 Å². The first-order valence-electron chi connectivity index (χ1n) is 5.49. The molecule has 6 nitrogen and oxygen atoms in total. The number of aromatic amines is 1. The zero-order valence-electron chi connectivity index (χ0n) is 9.83. The molecule has 18 heavy (non-hydrogen) atoms. The molecule has 0 fully saturated rings. The first-order chi connectivity index (χ1) is 8.81. The van der Waals surface area contributed by atoms with Gasteiger partial charge in [-0.2, -0.15) is 5.21 Å². The van der Waals surface area contributed by atoms with Gasteiger partial charge in [-0.1, -0.05) is 30.3 Å². The van der Waals surface area contributed by atoms with Crippen LogP contribution in [0.1, 0.15) is 18.3 Å².